The van der Waals surface area contributed by atoms with Crippen LogP contribution in [0.2, 0.25) is 10.0 Å². The van der Waals surface area contributed by atoms with Crippen LogP contribution in [-0.2, 0) is 0 Å². The Morgan fingerprint density at radius 2 is 1.97 bits per heavy atom. The first-order valence-electron chi connectivity index (χ1n) is 10.4. The van der Waals surface area contributed by atoms with E-state index in [4.69, 9.17) is 23.2 Å². The van der Waals surface area contributed by atoms with Crippen LogP contribution in [0.3, 0.4) is 0 Å². The van der Waals surface area contributed by atoms with E-state index in [1.165, 1.54) is 11.3 Å². The lowest BCUT2D eigenvalue weighted by Gasteiger charge is -2.21. The molecule has 164 valence electrons. The molecule has 0 aliphatic carbocycles. The van der Waals surface area contributed by atoms with Gasteiger partial charge in [-0.1, -0.05) is 54.2 Å². The molecule has 1 saturated heterocycles. The number of thiophene rings is 1. The topological polar surface area (TPSA) is 85.6 Å². The average molecular weight is 479 g/mol. The van der Waals surface area contributed by atoms with E-state index in [9.17, 15) is 15.0 Å². The molecule has 1 N–H and O–H groups in total. The fraction of sp³-hybridized carbons (Fsp3) is 0.455. The highest BCUT2D eigenvalue weighted by molar-refractivity contribution is 7.18. The first-order valence-corrected chi connectivity index (χ1v) is 11.9. The molecule has 0 spiro atoms. The van der Waals surface area contributed by atoms with Crippen LogP contribution >= 0.6 is 34.5 Å². The number of hydrogen-bond acceptors (Lipinski definition) is 6. The van der Waals surface area contributed by atoms with Crippen molar-refractivity contribution in [3.63, 3.8) is 0 Å². The molecule has 31 heavy (non-hydrogen) atoms. The number of nitrogens with one attached hydrogen (secondary N) is 1. The molecule has 9 heteroatoms. The van der Waals surface area contributed by atoms with E-state index in [0.29, 0.717) is 38.0 Å². The van der Waals surface area contributed by atoms with Gasteiger partial charge >= 0.3 is 0 Å². The number of hydrogen-bond donors (Lipinski definition) is 1. The molecule has 1 fully saturated rings. The van der Waals surface area contributed by atoms with Crippen LogP contribution in [0, 0.1) is 16.2 Å². The molecule has 1 atom stereocenters. The summed E-state index contributed by atoms with van der Waals surface area (Å²) in [5, 5.41) is 17.5. The molecule has 0 bridgehead atoms. The Morgan fingerprint density at radius 1 is 1.26 bits per heavy atom. The second-order valence-electron chi connectivity index (χ2n) is 7.51. The van der Waals surface area contributed by atoms with E-state index in [1.54, 1.807) is 18.2 Å². The fourth-order valence-electron chi connectivity index (χ4n) is 3.65. The number of rotatable bonds is 7. The number of amides is 1. The summed E-state index contributed by atoms with van der Waals surface area (Å²) in [5.74, 6) is -0.328. The standard InChI is InChI=1S/C22H24Cl2N4O2S/c1-2-15(27-30)13-26-21(29)20-19(14-7-8-17(23)18(24)11-14)16(12-25)22(31-20)28-9-5-3-4-6-10-28/h7-8,11,15H,2-6,9-10,13H2,1H3,(H,26,29). The first-order chi connectivity index (χ1) is 15.0. The van der Waals surface area contributed by atoms with Crippen LogP contribution in [0.1, 0.15) is 54.3 Å². The maximum atomic E-state index is 13.1. The molecule has 3 rings (SSSR count). The molecule has 2 aromatic rings. The van der Waals surface area contributed by atoms with Crippen LogP contribution in [-0.4, -0.2) is 31.6 Å². The molecular formula is C22H24Cl2N4O2S. The van der Waals surface area contributed by atoms with Crippen LogP contribution in [0.4, 0.5) is 5.00 Å². The molecule has 1 aromatic heterocycles. The highest BCUT2D eigenvalue weighted by atomic mass is 35.5. The van der Waals surface area contributed by atoms with Gasteiger partial charge in [-0.2, -0.15) is 10.2 Å². The second kappa shape index (κ2) is 10.9. The Kier molecular flexibility index (Phi) is 8.30. The van der Waals surface area contributed by atoms with Crippen LogP contribution in [0.5, 0.6) is 0 Å². The van der Waals surface area contributed by atoms with E-state index in [0.717, 1.165) is 43.8 Å². The van der Waals surface area contributed by atoms with Crippen LogP contribution in [0.25, 0.3) is 11.1 Å². The molecule has 1 aliphatic rings. The highest BCUT2D eigenvalue weighted by Gasteiger charge is 2.28. The third-order valence-corrected chi connectivity index (χ3v) is 7.42. The number of halogens is 2. The third kappa shape index (κ3) is 5.38. The Balaban J connectivity index is 2.08. The number of nitroso groups, excluding NO2 is 1. The largest absolute Gasteiger partial charge is 0.362 e. The van der Waals surface area contributed by atoms with E-state index in [2.05, 4.69) is 21.5 Å². The van der Waals surface area contributed by atoms with Crippen molar-refractivity contribution in [2.75, 3.05) is 24.5 Å². The molecule has 1 aliphatic heterocycles. The van der Waals surface area contributed by atoms with Gasteiger partial charge in [0, 0.05) is 25.2 Å². The van der Waals surface area contributed by atoms with Crippen molar-refractivity contribution in [1.29, 1.82) is 5.26 Å². The molecule has 1 aromatic carbocycles. The molecule has 0 saturated carbocycles. The van der Waals surface area contributed by atoms with Crippen molar-refractivity contribution in [3.05, 3.63) is 43.6 Å². The lowest BCUT2D eigenvalue weighted by Crippen LogP contribution is -2.30. The monoisotopic (exact) mass is 478 g/mol. The lowest BCUT2D eigenvalue weighted by atomic mass is 10.0. The zero-order valence-electron chi connectivity index (χ0n) is 17.3. The highest BCUT2D eigenvalue weighted by Crippen LogP contribution is 2.43. The number of benzene rings is 1. The maximum absolute atomic E-state index is 13.1. The minimum atomic E-state index is -0.488. The van der Waals surface area contributed by atoms with Gasteiger partial charge in [0.05, 0.1) is 15.6 Å². The predicted octanol–water partition coefficient (Wildman–Crippen LogP) is 6.25. The summed E-state index contributed by atoms with van der Waals surface area (Å²) in [5.41, 5.74) is 1.68. The third-order valence-electron chi connectivity index (χ3n) is 5.43. The summed E-state index contributed by atoms with van der Waals surface area (Å²) in [7, 11) is 0. The summed E-state index contributed by atoms with van der Waals surface area (Å²) >= 11 is 13.6. The number of nitriles is 1. The molecule has 1 amide bonds. The van der Waals surface area contributed by atoms with Crippen molar-refractivity contribution in [2.45, 2.75) is 45.1 Å². The SMILES string of the molecule is CCC(CNC(=O)c1sc(N2CCCCCC2)c(C#N)c1-c1ccc(Cl)c(Cl)c1)N=O. The Hall–Kier alpha value is -2.14. The number of carbonyl (C=O) groups excluding carboxylic acids is 1. The van der Waals surface area contributed by atoms with Crippen molar-refractivity contribution in [1.82, 2.24) is 5.32 Å². The van der Waals surface area contributed by atoms with Crippen molar-refractivity contribution < 1.29 is 4.79 Å². The van der Waals surface area contributed by atoms with Gasteiger partial charge in [0.2, 0.25) is 0 Å². The lowest BCUT2D eigenvalue weighted by molar-refractivity contribution is 0.0955. The summed E-state index contributed by atoms with van der Waals surface area (Å²) in [6, 6.07) is 6.94. The maximum Gasteiger partial charge on any atom is 0.262 e. The van der Waals surface area contributed by atoms with E-state index >= 15 is 0 Å². The van der Waals surface area contributed by atoms with E-state index < -0.39 is 6.04 Å². The number of nitrogens with zero attached hydrogens (tertiary/aromatic N) is 3. The Bertz CT molecular complexity index is 994. The van der Waals surface area contributed by atoms with Gasteiger partial charge in [-0.3, -0.25) is 4.79 Å². The van der Waals surface area contributed by atoms with E-state index in [1.807, 2.05) is 6.92 Å². The minimum Gasteiger partial charge on any atom is -0.362 e. The average Bonchev–Trinajstić information content (AvgIpc) is 2.95. The number of carbonyl (C=O) groups is 1. The predicted molar refractivity (Wildman–Crippen MR) is 127 cm³/mol. The molecule has 6 nitrogen and oxygen atoms in total. The van der Waals surface area contributed by atoms with Crippen molar-refractivity contribution in [3.8, 4) is 17.2 Å². The Labute approximate surface area is 196 Å². The van der Waals surface area contributed by atoms with Crippen LogP contribution < -0.4 is 10.2 Å². The summed E-state index contributed by atoms with van der Waals surface area (Å²) in [6.45, 7) is 3.70. The summed E-state index contributed by atoms with van der Waals surface area (Å²) in [6.07, 6.45) is 4.96. The van der Waals surface area contributed by atoms with Gasteiger partial charge in [-0.25, -0.2) is 0 Å². The smallest absolute Gasteiger partial charge is 0.262 e. The van der Waals surface area contributed by atoms with Gasteiger partial charge in [-0.05, 0) is 37.0 Å². The fourth-order valence-corrected chi connectivity index (χ4v) is 5.19. The zero-order valence-corrected chi connectivity index (χ0v) is 19.6. The van der Waals surface area contributed by atoms with Crippen molar-refractivity contribution >= 4 is 45.4 Å². The van der Waals surface area contributed by atoms with E-state index in [-0.39, 0.29) is 12.5 Å². The van der Waals surface area contributed by atoms with Gasteiger partial charge in [0.1, 0.15) is 22.0 Å². The summed E-state index contributed by atoms with van der Waals surface area (Å²) in [4.78, 5) is 26.7. The van der Waals surface area contributed by atoms with Crippen molar-refractivity contribution in [2.24, 2.45) is 5.18 Å². The summed E-state index contributed by atoms with van der Waals surface area (Å²) < 4.78 is 0. The normalized spacial score (nSPS) is 15.1. The molecular weight excluding hydrogens is 455 g/mol. The minimum absolute atomic E-state index is 0.151. The quantitative estimate of drug-likeness (QED) is 0.476. The first kappa shape index (κ1) is 23.5. The number of anilines is 1. The molecule has 0 radical (unpaired) electrons. The van der Waals surface area contributed by atoms with Gasteiger partial charge in [-0.15, -0.1) is 11.3 Å². The zero-order chi connectivity index (χ0) is 22.4. The van der Waals surface area contributed by atoms with Crippen LogP contribution in [0.15, 0.2) is 23.4 Å². The molecule has 2 heterocycles. The van der Waals surface area contributed by atoms with Gasteiger partial charge < -0.3 is 10.2 Å². The van der Waals surface area contributed by atoms with Gasteiger partial charge in [0.15, 0.2) is 0 Å². The second-order valence-corrected chi connectivity index (χ2v) is 9.32. The van der Waals surface area contributed by atoms with Gasteiger partial charge in [0.25, 0.3) is 5.91 Å². The Morgan fingerprint density at radius 3 is 2.55 bits per heavy atom. The molecule has 1 unspecified atom stereocenters.